The molecular formula is C21H29N3O4S3. The number of benzene rings is 1. The number of nitrogens with zero attached hydrogens (tertiary/aromatic N) is 2. The van der Waals surface area contributed by atoms with Gasteiger partial charge in [-0.05, 0) is 48.9 Å². The van der Waals surface area contributed by atoms with Crippen molar-refractivity contribution in [1.29, 1.82) is 0 Å². The van der Waals surface area contributed by atoms with E-state index in [0.717, 1.165) is 52.3 Å². The van der Waals surface area contributed by atoms with Crippen molar-refractivity contribution in [3.8, 4) is 0 Å². The Hall–Kier alpha value is -1.62. The fraction of sp³-hybridized carbons (Fsp3) is 0.524. The Labute approximate surface area is 189 Å². The highest BCUT2D eigenvalue weighted by atomic mass is 32.3. The van der Waals surface area contributed by atoms with Crippen LogP contribution in [-0.2, 0) is 20.0 Å². The number of rotatable bonds is 7. The molecule has 1 N–H and O–H groups in total. The van der Waals surface area contributed by atoms with Gasteiger partial charge >= 0.3 is 0 Å². The molecule has 7 nitrogen and oxygen atoms in total. The lowest BCUT2D eigenvalue weighted by molar-refractivity contribution is 0.221. The van der Waals surface area contributed by atoms with Gasteiger partial charge in [-0.2, -0.15) is 0 Å². The second-order valence-electron chi connectivity index (χ2n) is 8.62. The molecule has 170 valence electrons. The third-order valence-corrected chi connectivity index (χ3v) is 11.6. The Kier molecular flexibility index (Phi) is 6.10. The summed E-state index contributed by atoms with van der Waals surface area (Å²) in [6.45, 7) is 3.87. The van der Waals surface area contributed by atoms with Gasteiger partial charge in [-0.25, -0.2) is 21.1 Å². The van der Waals surface area contributed by atoms with E-state index in [1.54, 1.807) is 6.07 Å². The van der Waals surface area contributed by atoms with E-state index < -0.39 is 20.0 Å². The maximum Gasteiger partial charge on any atom is 0.271 e. The summed E-state index contributed by atoms with van der Waals surface area (Å²) >= 11 is 0.758. The van der Waals surface area contributed by atoms with E-state index in [9.17, 15) is 16.8 Å². The van der Waals surface area contributed by atoms with Gasteiger partial charge in [-0.1, -0.05) is 31.4 Å². The fourth-order valence-electron chi connectivity index (χ4n) is 4.41. The summed E-state index contributed by atoms with van der Waals surface area (Å²) in [5.74, 6) is 1.48. The highest BCUT2D eigenvalue weighted by molar-refractivity contribution is 7.96. The van der Waals surface area contributed by atoms with Crippen LogP contribution in [0.15, 0.2) is 38.8 Å². The molecule has 2 aliphatic rings. The number of nitrogens with one attached hydrogen (secondary N) is 1. The lowest BCUT2D eigenvalue weighted by Crippen LogP contribution is -2.27. The zero-order valence-corrected chi connectivity index (χ0v) is 20.5. The topological polar surface area (TPSA) is 86.8 Å². The molecule has 1 atom stereocenters. The fourth-order valence-corrected chi connectivity index (χ4v) is 8.41. The van der Waals surface area contributed by atoms with Crippen LogP contribution in [0.2, 0.25) is 0 Å². The van der Waals surface area contributed by atoms with Crippen LogP contribution in [0.3, 0.4) is 0 Å². The summed E-state index contributed by atoms with van der Waals surface area (Å²) in [4.78, 5) is 2.30. The Morgan fingerprint density at radius 3 is 2.35 bits per heavy atom. The van der Waals surface area contributed by atoms with Gasteiger partial charge in [0.05, 0.1) is 11.4 Å². The highest BCUT2D eigenvalue weighted by Gasteiger charge is 2.34. The van der Waals surface area contributed by atoms with Gasteiger partial charge in [0.2, 0.25) is 0 Å². The third-order valence-electron chi connectivity index (χ3n) is 6.40. The molecule has 0 bridgehead atoms. The largest absolute Gasteiger partial charge is 0.369 e. The summed E-state index contributed by atoms with van der Waals surface area (Å²) in [5, 5.41) is 0. The molecule has 2 aromatic rings. The first-order chi connectivity index (χ1) is 14.6. The second kappa shape index (κ2) is 8.38. The van der Waals surface area contributed by atoms with E-state index in [-0.39, 0.29) is 8.42 Å². The summed E-state index contributed by atoms with van der Waals surface area (Å²) in [6.07, 6.45) is 5.08. The number of hydrogen-bond acceptors (Lipinski definition) is 6. The van der Waals surface area contributed by atoms with Crippen LogP contribution >= 0.6 is 11.3 Å². The van der Waals surface area contributed by atoms with Crippen LogP contribution in [0.5, 0.6) is 0 Å². The van der Waals surface area contributed by atoms with Crippen molar-refractivity contribution in [2.45, 2.75) is 41.0 Å². The van der Waals surface area contributed by atoms with Crippen molar-refractivity contribution in [2.24, 2.45) is 11.8 Å². The smallest absolute Gasteiger partial charge is 0.271 e. The van der Waals surface area contributed by atoms with Crippen molar-refractivity contribution < 1.29 is 16.8 Å². The van der Waals surface area contributed by atoms with Gasteiger partial charge in [0.1, 0.15) is 8.42 Å². The van der Waals surface area contributed by atoms with Gasteiger partial charge in [0, 0.05) is 27.2 Å². The minimum atomic E-state index is -3.91. The van der Waals surface area contributed by atoms with Gasteiger partial charge in [0.15, 0.2) is 0 Å². The van der Waals surface area contributed by atoms with E-state index in [0.29, 0.717) is 11.6 Å². The van der Waals surface area contributed by atoms with Gasteiger partial charge in [-0.3, -0.25) is 4.72 Å². The molecular weight excluding hydrogens is 454 g/mol. The first-order valence-corrected chi connectivity index (χ1v) is 14.2. The number of para-hydroxylation sites is 1. The predicted octanol–water partition coefficient (Wildman–Crippen LogP) is 3.73. The molecule has 1 saturated carbocycles. The second-order valence-corrected chi connectivity index (χ2v) is 14.0. The van der Waals surface area contributed by atoms with Gasteiger partial charge in [-0.15, -0.1) is 11.3 Å². The summed E-state index contributed by atoms with van der Waals surface area (Å²) in [7, 11) is -4.74. The zero-order valence-electron chi connectivity index (χ0n) is 18.0. The van der Waals surface area contributed by atoms with Gasteiger partial charge < -0.3 is 4.90 Å². The molecule has 1 aromatic heterocycles. The molecule has 0 amide bonds. The Bertz CT molecular complexity index is 1170. The van der Waals surface area contributed by atoms with Crippen molar-refractivity contribution in [3.63, 3.8) is 0 Å². The Morgan fingerprint density at radius 1 is 1.00 bits per heavy atom. The SMILES string of the molecule is Cc1cccc(NS(=O)(=O)c2ccc(S(=O)(=O)N(C)C)s2)c1N1CCC(C2CCC2)C1. The molecule has 1 aromatic carbocycles. The lowest BCUT2D eigenvalue weighted by Gasteiger charge is -2.32. The van der Waals surface area contributed by atoms with Crippen molar-refractivity contribution in [2.75, 3.05) is 36.8 Å². The average molecular weight is 484 g/mol. The molecule has 31 heavy (non-hydrogen) atoms. The van der Waals surface area contributed by atoms with E-state index in [1.807, 2.05) is 19.1 Å². The maximum absolute atomic E-state index is 13.1. The Morgan fingerprint density at radius 2 is 1.71 bits per heavy atom. The van der Waals surface area contributed by atoms with E-state index in [4.69, 9.17) is 0 Å². The molecule has 10 heteroatoms. The number of aryl methyl sites for hydroxylation is 1. The quantitative estimate of drug-likeness (QED) is 0.648. The van der Waals surface area contributed by atoms with Crippen molar-refractivity contribution in [3.05, 3.63) is 35.9 Å². The molecule has 4 rings (SSSR count). The van der Waals surface area contributed by atoms with E-state index >= 15 is 0 Å². The molecule has 2 heterocycles. The van der Waals surface area contributed by atoms with Crippen LogP contribution in [0.1, 0.15) is 31.2 Å². The van der Waals surface area contributed by atoms with Crippen LogP contribution in [0.4, 0.5) is 11.4 Å². The number of thiophene rings is 1. The third kappa shape index (κ3) is 4.35. The van der Waals surface area contributed by atoms with Crippen LogP contribution in [0, 0.1) is 18.8 Å². The number of hydrogen-bond donors (Lipinski definition) is 1. The van der Waals surface area contributed by atoms with Crippen molar-refractivity contribution >= 4 is 42.8 Å². The molecule has 0 spiro atoms. The zero-order chi connectivity index (χ0) is 22.4. The summed E-state index contributed by atoms with van der Waals surface area (Å²) in [5.41, 5.74) is 2.49. The molecule has 1 aliphatic carbocycles. The van der Waals surface area contributed by atoms with Crippen LogP contribution in [0.25, 0.3) is 0 Å². The van der Waals surface area contributed by atoms with Crippen LogP contribution in [-0.4, -0.2) is 48.3 Å². The molecule has 1 aliphatic heterocycles. The summed E-state index contributed by atoms with van der Waals surface area (Å²) < 4.78 is 54.6. The maximum atomic E-state index is 13.1. The van der Waals surface area contributed by atoms with E-state index in [2.05, 4.69) is 9.62 Å². The van der Waals surface area contributed by atoms with E-state index in [1.165, 1.54) is 45.5 Å². The predicted molar refractivity (Wildman–Crippen MR) is 125 cm³/mol. The van der Waals surface area contributed by atoms with Crippen LogP contribution < -0.4 is 9.62 Å². The Balaban J connectivity index is 1.60. The summed E-state index contributed by atoms with van der Waals surface area (Å²) in [6, 6.07) is 8.31. The highest BCUT2D eigenvalue weighted by Crippen LogP contribution is 2.42. The molecule has 1 saturated heterocycles. The molecule has 2 fully saturated rings. The number of anilines is 2. The minimum Gasteiger partial charge on any atom is -0.369 e. The normalized spacial score (nSPS) is 20.3. The number of sulfonamides is 2. The lowest BCUT2D eigenvalue weighted by atomic mass is 9.75. The molecule has 0 radical (unpaired) electrons. The first-order valence-electron chi connectivity index (χ1n) is 10.5. The first kappa shape index (κ1) is 22.6. The van der Waals surface area contributed by atoms with Crippen molar-refractivity contribution in [1.82, 2.24) is 4.31 Å². The minimum absolute atomic E-state index is 0.00484. The molecule has 1 unspecified atom stereocenters. The van der Waals surface area contributed by atoms with Gasteiger partial charge in [0.25, 0.3) is 20.0 Å². The average Bonchev–Trinajstić information content (AvgIpc) is 3.30. The standard InChI is InChI=1S/C21H29N3O4S3/c1-15-6-4-9-18(21(15)24-13-12-17(14-24)16-7-5-8-16)22-30(25,26)19-10-11-20(29-19)31(27,28)23(2)3/h4,6,9-11,16-17,22H,5,7-8,12-14H2,1-3H3. The monoisotopic (exact) mass is 483 g/mol.